The van der Waals surface area contributed by atoms with E-state index in [1.807, 2.05) is 0 Å². The summed E-state index contributed by atoms with van der Waals surface area (Å²) in [5.74, 6) is -0.976. The third kappa shape index (κ3) is 6.38. The van der Waals surface area contributed by atoms with E-state index in [0.29, 0.717) is 6.07 Å². The van der Waals surface area contributed by atoms with E-state index in [2.05, 4.69) is 17.2 Å². The molecule has 15 heteroatoms. The van der Waals surface area contributed by atoms with Gasteiger partial charge in [-0.3, -0.25) is 9.11 Å². The Morgan fingerprint density at radius 2 is 1.52 bits per heavy atom. The van der Waals surface area contributed by atoms with Crippen LogP contribution in [0.4, 0.5) is 10.5 Å². The lowest BCUT2D eigenvalue weighted by Gasteiger charge is -2.13. The number of sulfone groups is 1. The predicted octanol–water partition coefficient (Wildman–Crippen LogP) is 1.11. The number of amides is 2. The van der Waals surface area contributed by atoms with Gasteiger partial charge in [-0.25, -0.2) is 13.2 Å². The zero-order chi connectivity index (χ0) is 23.6. The molecule has 5 N–H and O–H groups in total. The quantitative estimate of drug-likeness (QED) is 0.261. The topological polar surface area (TPSA) is 204 Å². The van der Waals surface area contributed by atoms with Crippen molar-refractivity contribution in [2.75, 3.05) is 17.6 Å². The van der Waals surface area contributed by atoms with Crippen molar-refractivity contribution >= 4 is 52.6 Å². The third-order valence-electron chi connectivity index (χ3n) is 3.96. The zero-order valence-electron chi connectivity index (χ0n) is 15.6. The van der Waals surface area contributed by atoms with Crippen LogP contribution in [0.3, 0.4) is 0 Å². The maximum absolute atomic E-state index is 12.1. The van der Waals surface area contributed by atoms with Crippen LogP contribution in [0.1, 0.15) is 6.42 Å². The van der Waals surface area contributed by atoms with Crippen molar-refractivity contribution in [2.45, 2.75) is 16.2 Å². The van der Waals surface area contributed by atoms with Crippen molar-refractivity contribution in [3.63, 3.8) is 0 Å². The molecule has 0 fully saturated rings. The van der Waals surface area contributed by atoms with Crippen molar-refractivity contribution in [3.05, 3.63) is 36.3 Å². The molecule has 0 heterocycles. The lowest BCUT2D eigenvalue weighted by Crippen LogP contribution is -2.30. The first-order valence-corrected chi connectivity index (χ1v) is 12.9. The van der Waals surface area contributed by atoms with Gasteiger partial charge in [0.1, 0.15) is 5.75 Å². The molecule has 0 aromatic heterocycles. The monoisotopic (exact) mass is 494 g/mol. The van der Waals surface area contributed by atoms with E-state index in [0.717, 1.165) is 23.6 Å². The molecule has 31 heavy (non-hydrogen) atoms. The largest absolute Gasteiger partial charge is 0.507 e. The molecule has 0 aliphatic carbocycles. The number of carbonyl (C=O) groups is 1. The minimum absolute atomic E-state index is 0.0521. The molecular weight excluding hydrogens is 476 g/mol. The number of phenols is 1. The molecule has 2 amide bonds. The number of anilines is 1. The number of benzene rings is 2. The minimum Gasteiger partial charge on any atom is -0.507 e. The maximum Gasteiger partial charge on any atom is 0.319 e. The second-order valence-electron chi connectivity index (χ2n) is 6.23. The molecule has 0 atom stereocenters. The van der Waals surface area contributed by atoms with Crippen LogP contribution in [0.2, 0.25) is 0 Å². The molecule has 2 aromatic rings. The van der Waals surface area contributed by atoms with Crippen LogP contribution in [0.15, 0.2) is 46.0 Å². The fourth-order valence-electron chi connectivity index (χ4n) is 2.56. The van der Waals surface area contributed by atoms with Crippen molar-refractivity contribution in [3.8, 4) is 5.75 Å². The summed E-state index contributed by atoms with van der Waals surface area (Å²) in [7, 11) is -13.0. The van der Waals surface area contributed by atoms with Crippen molar-refractivity contribution in [2.24, 2.45) is 0 Å². The van der Waals surface area contributed by atoms with E-state index in [4.69, 9.17) is 0 Å². The summed E-state index contributed by atoms with van der Waals surface area (Å²) in [6.45, 7) is 3.08. The summed E-state index contributed by atoms with van der Waals surface area (Å²) >= 11 is 0. The molecule has 0 saturated carbocycles. The van der Waals surface area contributed by atoms with Gasteiger partial charge >= 0.3 is 6.03 Å². The first kappa shape index (κ1) is 24.5. The third-order valence-corrected chi connectivity index (χ3v) is 6.99. The minimum atomic E-state index is -4.80. The van der Waals surface area contributed by atoms with Gasteiger partial charge in [-0.2, -0.15) is 16.8 Å². The molecule has 0 aliphatic heterocycles. The van der Waals surface area contributed by atoms with Gasteiger partial charge in [-0.1, -0.05) is 6.58 Å². The van der Waals surface area contributed by atoms with Gasteiger partial charge in [-0.05, 0) is 30.0 Å². The molecule has 2 rings (SSSR count). The molecule has 2 aromatic carbocycles. The molecule has 0 saturated heterocycles. The Hall–Kier alpha value is -2.72. The highest BCUT2D eigenvalue weighted by Gasteiger charge is 2.20. The lowest BCUT2D eigenvalue weighted by atomic mass is 10.1. The van der Waals surface area contributed by atoms with Gasteiger partial charge in [0, 0.05) is 23.4 Å². The van der Waals surface area contributed by atoms with Gasteiger partial charge < -0.3 is 15.7 Å². The molecule has 0 spiro atoms. The Morgan fingerprint density at radius 1 is 0.968 bits per heavy atom. The first-order valence-electron chi connectivity index (χ1n) is 8.30. The Balaban J connectivity index is 2.41. The van der Waals surface area contributed by atoms with E-state index in [-0.39, 0.29) is 35.2 Å². The number of hydrogen-bond donors (Lipinski definition) is 5. The maximum atomic E-state index is 12.1. The fourth-order valence-corrected chi connectivity index (χ4v) is 4.35. The summed E-state index contributed by atoms with van der Waals surface area (Å²) in [6.07, 6.45) is 0.0521. The smallest absolute Gasteiger partial charge is 0.319 e. The molecule has 0 unspecified atom stereocenters. The number of rotatable bonds is 8. The number of aromatic hydroxyl groups is 1. The van der Waals surface area contributed by atoms with Gasteiger partial charge in [0.25, 0.3) is 20.2 Å². The van der Waals surface area contributed by atoms with Crippen LogP contribution in [0.5, 0.6) is 5.75 Å². The van der Waals surface area contributed by atoms with Gasteiger partial charge in [0.15, 0.2) is 9.84 Å². The molecular formula is C16H18N2O10S3. The van der Waals surface area contributed by atoms with Crippen LogP contribution < -0.4 is 10.6 Å². The van der Waals surface area contributed by atoms with Crippen LogP contribution >= 0.6 is 0 Å². The summed E-state index contributed by atoms with van der Waals surface area (Å²) in [6, 6.07) is 2.29. The number of fused-ring (bicyclic) bond motifs is 1. The summed E-state index contributed by atoms with van der Waals surface area (Å²) in [5.41, 5.74) is -0.305. The summed E-state index contributed by atoms with van der Waals surface area (Å²) in [5, 5.41) is 15.1. The standard InChI is InChI=1S/C16H18N2O10S3/c1-2-29(21,22)5-3-4-17-16(20)18-13-8-11(30(23,24)25)6-10-7-12(31(26,27)28)9-14(19)15(10)13/h2,6-9,19H,1,3-5H2,(H2,17,18,20)(H,23,24,25)(H,26,27,28). The van der Waals surface area contributed by atoms with E-state index in [1.165, 1.54) is 0 Å². The fraction of sp³-hybridized carbons (Fsp3) is 0.188. The predicted molar refractivity (Wildman–Crippen MR) is 111 cm³/mol. The van der Waals surface area contributed by atoms with E-state index >= 15 is 0 Å². The second-order valence-corrected chi connectivity index (χ2v) is 11.1. The Morgan fingerprint density at radius 3 is 2.03 bits per heavy atom. The Bertz CT molecular complexity index is 1360. The SMILES string of the molecule is C=CS(=O)(=O)CCCNC(=O)Nc1cc(S(=O)(=O)O)cc2cc(S(=O)(=O)O)cc(O)c12. The average molecular weight is 495 g/mol. The molecule has 0 aliphatic rings. The number of nitrogens with one attached hydrogen (secondary N) is 2. The van der Waals surface area contributed by atoms with E-state index in [9.17, 15) is 44.3 Å². The zero-order valence-corrected chi connectivity index (χ0v) is 18.1. The summed E-state index contributed by atoms with van der Waals surface area (Å²) in [4.78, 5) is 10.7. The van der Waals surface area contributed by atoms with Crippen LogP contribution in [0.25, 0.3) is 10.8 Å². The van der Waals surface area contributed by atoms with Gasteiger partial charge in [0.2, 0.25) is 0 Å². The van der Waals surface area contributed by atoms with Crippen molar-refractivity contribution in [1.82, 2.24) is 5.32 Å². The number of hydrogen-bond acceptors (Lipinski definition) is 8. The average Bonchev–Trinajstić information content (AvgIpc) is 2.63. The second kappa shape index (κ2) is 8.80. The molecule has 0 bridgehead atoms. The van der Waals surface area contributed by atoms with Gasteiger partial charge in [-0.15, -0.1) is 0 Å². The molecule has 170 valence electrons. The number of urea groups is 1. The molecule has 0 radical (unpaired) electrons. The van der Waals surface area contributed by atoms with Crippen LogP contribution in [-0.2, 0) is 30.1 Å². The van der Waals surface area contributed by atoms with Crippen molar-refractivity contribution < 1.29 is 44.3 Å². The van der Waals surface area contributed by atoms with Crippen LogP contribution in [0, 0.1) is 0 Å². The summed E-state index contributed by atoms with van der Waals surface area (Å²) < 4.78 is 87.0. The van der Waals surface area contributed by atoms with E-state index < -0.39 is 51.6 Å². The van der Waals surface area contributed by atoms with Crippen LogP contribution in [-0.4, -0.2) is 57.8 Å². The van der Waals surface area contributed by atoms with Gasteiger partial charge in [0.05, 0.1) is 21.2 Å². The highest BCUT2D eigenvalue weighted by Crippen LogP contribution is 2.36. The number of carbonyl (C=O) groups excluding carboxylic acids is 1. The Kier molecular flexibility index (Phi) is 6.97. The molecule has 12 nitrogen and oxygen atoms in total. The normalized spacial score (nSPS) is 12.5. The van der Waals surface area contributed by atoms with E-state index in [1.54, 1.807) is 0 Å². The highest BCUT2D eigenvalue weighted by molar-refractivity contribution is 7.94. The first-order chi connectivity index (χ1) is 14.1. The highest BCUT2D eigenvalue weighted by atomic mass is 32.2. The van der Waals surface area contributed by atoms with Crippen molar-refractivity contribution in [1.29, 1.82) is 0 Å². The Labute approximate surface area is 178 Å². The number of phenolic OH excluding ortho intramolecular Hbond substituents is 1. The lowest BCUT2D eigenvalue weighted by molar-refractivity contribution is 0.252.